The Morgan fingerprint density at radius 1 is 0.642 bits per heavy atom. The van der Waals surface area contributed by atoms with Crippen LogP contribution in [-0.4, -0.2) is 9.55 Å². The van der Waals surface area contributed by atoms with E-state index in [-0.39, 0.29) is 5.41 Å². The van der Waals surface area contributed by atoms with Crippen LogP contribution in [-0.2, 0) is 11.8 Å². The van der Waals surface area contributed by atoms with Crippen LogP contribution in [0.4, 0.5) is 0 Å². The molecule has 2 unspecified atom stereocenters. The van der Waals surface area contributed by atoms with Crippen molar-refractivity contribution in [2.45, 2.75) is 52.9 Å². The van der Waals surface area contributed by atoms with Gasteiger partial charge in [0.25, 0.3) is 0 Å². The summed E-state index contributed by atoms with van der Waals surface area (Å²) < 4.78 is 2.50. The molecule has 0 radical (unpaired) electrons. The summed E-state index contributed by atoms with van der Waals surface area (Å²) in [5, 5.41) is 9.48. The molecule has 2 aromatic heterocycles. The van der Waals surface area contributed by atoms with Crippen LogP contribution < -0.4 is 0 Å². The minimum Gasteiger partial charge on any atom is -0.313 e. The molecular formula is C51H44N2. The topological polar surface area (TPSA) is 17.8 Å². The van der Waals surface area contributed by atoms with Gasteiger partial charge < -0.3 is 4.57 Å². The Bertz CT molecular complexity index is 2800. The molecule has 53 heavy (non-hydrogen) atoms. The summed E-state index contributed by atoms with van der Waals surface area (Å²) in [6.45, 7) is 11.8. The van der Waals surface area contributed by atoms with Gasteiger partial charge in [0, 0.05) is 34.7 Å². The second-order valence-electron chi connectivity index (χ2n) is 16.5. The first-order chi connectivity index (χ1) is 25.7. The molecule has 2 heteroatoms. The lowest BCUT2D eigenvalue weighted by molar-refractivity contribution is 0.591. The monoisotopic (exact) mass is 684 g/mol. The molecule has 2 nitrogen and oxygen atoms in total. The molecule has 0 aliphatic heterocycles. The van der Waals surface area contributed by atoms with E-state index in [1.54, 1.807) is 0 Å². The molecular weight excluding hydrogens is 641 g/mol. The highest BCUT2D eigenvalue weighted by atomic mass is 15.0. The quantitative estimate of drug-likeness (QED) is 0.169. The van der Waals surface area contributed by atoms with Crippen LogP contribution in [0.5, 0.6) is 0 Å². The largest absolute Gasteiger partial charge is 0.313 e. The van der Waals surface area contributed by atoms with E-state index in [9.17, 15) is 0 Å². The highest BCUT2D eigenvalue weighted by Gasteiger charge is 2.29. The van der Waals surface area contributed by atoms with E-state index in [1.807, 2.05) is 18.5 Å². The van der Waals surface area contributed by atoms with E-state index < -0.39 is 0 Å². The van der Waals surface area contributed by atoms with Gasteiger partial charge in [-0.1, -0.05) is 126 Å². The number of pyridine rings is 1. The van der Waals surface area contributed by atoms with Gasteiger partial charge in [0.15, 0.2) is 0 Å². The van der Waals surface area contributed by atoms with Gasteiger partial charge in [0.1, 0.15) is 0 Å². The van der Waals surface area contributed by atoms with Crippen LogP contribution >= 0.6 is 0 Å². The van der Waals surface area contributed by atoms with Crippen LogP contribution in [0.15, 0.2) is 134 Å². The Hall–Kier alpha value is -5.73. The van der Waals surface area contributed by atoms with Crippen LogP contribution in [0.2, 0.25) is 0 Å². The van der Waals surface area contributed by atoms with Crippen LogP contribution in [0.1, 0.15) is 74.6 Å². The van der Waals surface area contributed by atoms with Gasteiger partial charge in [-0.2, -0.15) is 0 Å². The molecule has 8 aromatic rings. The van der Waals surface area contributed by atoms with Gasteiger partial charge in [-0.05, 0) is 138 Å². The van der Waals surface area contributed by atoms with Crippen LogP contribution in [0.25, 0.3) is 71.7 Å². The van der Waals surface area contributed by atoms with Gasteiger partial charge >= 0.3 is 0 Å². The van der Waals surface area contributed by atoms with E-state index in [0.29, 0.717) is 11.8 Å². The van der Waals surface area contributed by atoms with Crippen molar-refractivity contribution in [3.8, 4) is 5.69 Å². The van der Waals surface area contributed by atoms with Crippen molar-refractivity contribution in [3.63, 3.8) is 0 Å². The van der Waals surface area contributed by atoms with Gasteiger partial charge in [-0.25, -0.2) is 0 Å². The number of fused-ring (bicyclic) bond motifs is 3. The Kier molecular flexibility index (Phi) is 7.18. The maximum Gasteiger partial charge on any atom is 0.0537 e. The third-order valence-corrected chi connectivity index (χ3v) is 12.1. The Morgan fingerprint density at radius 3 is 2.08 bits per heavy atom. The summed E-state index contributed by atoms with van der Waals surface area (Å²) in [7, 11) is 0. The van der Waals surface area contributed by atoms with Crippen molar-refractivity contribution in [1.82, 2.24) is 9.55 Å². The molecule has 2 heterocycles. The molecule has 258 valence electrons. The SMILES string of the molecule is CC1CC(c2cc(C3=Cc4c(n(-c5ccccc5)c5ccccc45)CC3C)c3ccc4cc(C(C)(C)C)cc5ccc2c3c54)=CC=C1c1cccnc1. The molecule has 6 aromatic carbocycles. The van der Waals surface area contributed by atoms with Crippen LogP contribution in [0.3, 0.4) is 0 Å². The summed E-state index contributed by atoms with van der Waals surface area (Å²) in [6.07, 6.45) is 13.1. The molecule has 0 saturated carbocycles. The molecule has 0 bridgehead atoms. The van der Waals surface area contributed by atoms with Crippen molar-refractivity contribution in [2.75, 3.05) is 0 Å². The Morgan fingerprint density at radius 2 is 1.36 bits per heavy atom. The number of para-hydroxylation sites is 2. The van der Waals surface area contributed by atoms with Gasteiger partial charge in [0.2, 0.25) is 0 Å². The maximum absolute atomic E-state index is 4.44. The summed E-state index contributed by atoms with van der Waals surface area (Å²) in [5.41, 5.74) is 14.9. The summed E-state index contributed by atoms with van der Waals surface area (Å²) in [6, 6.07) is 41.1. The Balaban J connectivity index is 1.25. The summed E-state index contributed by atoms with van der Waals surface area (Å²) >= 11 is 0. The lowest BCUT2D eigenvalue weighted by atomic mass is 9.76. The second kappa shape index (κ2) is 11.9. The third kappa shape index (κ3) is 5.03. The first kappa shape index (κ1) is 32.0. The van der Waals surface area contributed by atoms with Gasteiger partial charge in [0.05, 0.1) is 5.52 Å². The van der Waals surface area contributed by atoms with E-state index >= 15 is 0 Å². The predicted octanol–water partition coefficient (Wildman–Crippen LogP) is 13.5. The molecule has 2 atom stereocenters. The van der Waals surface area contributed by atoms with E-state index in [4.69, 9.17) is 0 Å². The number of benzene rings is 6. The predicted molar refractivity (Wildman–Crippen MR) is 227 cm³/mol. The highest BCUT2D eigenvalue weighted by Crippen LogP contribution is 2.48. The normalized spacial score (nSPS) is 17.7. The molecule has 2 aliphatic carbocycles. The van der Waals surface area contributed by atoms with Crippen molar-refractivity contribution >= 4 is 66.0 Å². The number of allylic oxidation sites excluding steroid dienone is 5. The standard InChI is InChI=1S/C51H44N2/c1-31-24-33(17-20-39(31)36-12-11-23-52-30-36)44-29-45(42-22-19-35-27-37(51(3,4)5)26-34-18-21-41(44)50(42)49(34)35)43-28-46-40-15-9-10-16-47(40)53(48(46)25-32(43)2)38-13-7-6-8-14-38/h6-23,26-32H,24-25H2,1-5H3. The number of nitrogens with zero attached hydrogens (tertiary/aromatic N) is 2. The molecule has 0 spiro atoms. The second-order valence-corrected chi connectivity index (χ2v) is 16.5. The summed E-state index contributed by atoms with van der Waals surface area (Å²) in [4.78, 5) is 4.44. The van der Waals surface area contributed by atoms with E-state index in [0.717, 1.165) is 12.8 Å². The molecule has 10 rings (SSSR count). The fraction of sp³-hybridized carbons (Fsp3) is 0.196. The number of rotatable bonds is 4. The number of hydrogen-bond donors (Lipinski definition) is 0. The zero-order valence-electron chi connectivity index (χ0n) is 31.2. The minimum atomic E-state index is 0.0705. The average molecular weight is 685 g/mol. The van der Waals surface area contributed by atoms with E-state index in [2.05, 4.69) is 166 Å². The molecule has 0 N–H and O–H groups in total. The van der Waals surface area contributed by atoms with Gasteiger partial charge in [-0.3, -0.25) is 4.98 Å². The lowest BCUT2D eigenvalue weighted by Gasteiger charge is -2.28. The molecule has 0 amide bonds. The summed E-state index contributed by atoms with van der Waals surface area (Å²) in [5.74, 6) is 0.722. The first-order valence-electron chi connectivity index (χ1n) is 19.2. The zero-order chi connectivity index (χ0) is 36.0. The number of aromatic nitrogens is 2. The molecule has 0 saturated heterocycles. The minimum absolute atomic E-state index is 0.0705. The van der Waals surface area contributed by atoms with Crippen molar-refractivity contribution in [2.24, 2.45) is 11.8 Å². The lowest BCUT2D eigenvalue weighted by Crippen LogP contribution is -2.13. The fourth-order valence-corrected chi connectivity index (χ4v) is 9.42. The average Bonchev–Trinajstić information content (AvgIpc) is 3.49. The third-order valence-electron chi connectivity index (χ3n) is 12.1. The molecule has 2 aliphatic rings. The van der Waals surface area contributed by atoms with Crippen LogP contribution in [0, 0.1) is 11.8 Å². The Labute approximate surface area is 312 Å². The van der Waals surface area contributed by atoms with Crippen molar-refractivity contribution < 1.29 is 0 Å². The van der Waals surface area contributed by atoms with Crippen molar-refractivity contribution in [1.29, 1.82) is 0 Å². The number of hydrogen-bond acceptors (Lipinski definition) is 1. The van der Waals surface area contributed by atoms with Crippen molar-refractivity contribution in [3.05, 3.63) is 167 Å². The smallest absolute Gasteiger partial charge is 0.0537 e. The molecule has 0 fully saturated rings. The fourth-order valence-electron chi connectivity index (χ4n) is 9.42. The highest BCUT2D eigenvalue weighted by molar-refractivity contribution is 6.27. The van der Waals surface area contributed by atoms with E-state index in [1.165, 1.54) is 99.1 Å². The first-order valence-corrected chi connectivity index (χ1v) is 19.2. The zero-order valence-corrected chi connectivity index (χ0v) is 31.2. The van der Waals surface area contributed by atoms with Gasteiger partial charge in [-0.15, -0.1) is 0 Å². The maximum atomic E-state index is 4.44.